The van der Waals surface area contributed by atoms with Crippen LogP contribution in [0.3, 0.4) is 0 Å². The van der Waals surface area contributed by atoms with Crippen molar-refractivity contribution < 1.29 is 9.13 Å². The molecular formula is C50H62N4. The third-order valence-electron chi connectivity index (χ3n) is 10.2. The maximum absolute atomic E-state index is 2.44. The normalized spacial score (nSPS) is 11.3. The minimum atomic E-state index is 0. The van der Waals surface area contributed by atoms with E-state index in [1.165, 1.54) is 107 Å². The zero-order valence-electron chi connectivity index (χ0n) is 33.7. The molecule has 0 unspecified atom stereocenters. The predicted molar refractivity (Wildman–Crippen MR) is 237 cm³/mol. The Morgan fingerprint density at radius 2 is 0.759 bits per heavy atom. The fourth-order valence-electron chi connectivity index (χ4n) is 7.06. The molecular weight excluding hydrogens is 657 g/mol. The zero-order chi connectivity index (χ0) is 36.1. The van der Waals surface area contributed by atoms with Gasteiger partial charge in [0, 0.05) is 76.7 Å². The van der Waals surface area contributed by atoms with Crippen molar-refractivity contribution in [2.24, 2.45) is 0 Å². The van der Waals surface area contributed by atoms with E-state index in [0.717, 1.165) is 13.1 Å². The Balaban J connectivity index is 0.00000325. The summed E-state index contributed by atoms with van der Waals surface area (Å²) in [6.07, 6.45) is 23.8. The average Bonchev–Trinajstić information content (AvgIpc) is 3.17. The molecule has 0 N–H and O–H groups in total. The predicted octanol–water partition coefficient (Wildman–Crippen LogP) is 11.8. The van der Waals surface area contributed by atoms with Crippen molar-refractivity contribution in [3.63, 3.8) is 0 Å². The summed E-state index contributed by atoms with van der Waals surface area (Å²) in [7, 11) is 8.31. The second-order valence-corrected chi connectivity index (χ2v) is 14.4. The van der Waals surface area contributed by atoms with Crippen LogP contribution in [0.15, 0.2) is 122 Å². The van der Waals surface area contributed by atoms with E-state index in [1.54, 1.807) is 0 Å². The van der Waals surface area contributed by atoms with Crippen molar-refractivity contribution in [2.45, 2.75) is 64.5 Å². The van der Waals surface area contributed by atoms with Gasteiger partial charge < -0.3 is 24.7 Å². The van der Waals surface area contributed by atoms with Crippen LogP contribution in [0.4, 0.5) is 11.4 Å². The highest BCUT2D eigenvalue weighted by Crippen LogP contribution is 2.22. The number of anilines is 2. The highest BCUT2D eigenvalue weighted by atomic mass is 15.1. The van der Waals surface area contributed by atoms with Crippen LogP contribution in [0.2, 0.25) is 0 Å². The van der Waals surface area contributed by atoms with Gasteiger partial charge in [-0.15, -0.1) is 0 Å². The van der Waals surface area contributed by atoms with Crippen LogP contribution in [-0.4, -0.2) is 28.2 Å². The summed E-state index contributed by atoms with van der Waals surface area (Å²) in [4.78, 5) is 4.26. The van der Waals surface area contributed by atoms with Crippen LogP contribution in [0.1, 0.15) is 73.6 Å². The second-order valence-electron chi connectivity index (χ2n) is 14.4. The first-order valence-corrected chi connectivity index (χ1v) is 19.2. The van der Waals surface area contributed by atoms with E-state index in [9.17, 15) is 0 Å². The number of nitrogens with zero attached hydrogens (tertiary/aromatic N) is 4. The first-order valence-electron chi connectivity index (χ1n) is 19.2. The number of benzene rings is 4. The molecule has 0 saturated carbocycles. The standard InChI is InChI=1S/C48H56N4.2CH3/c1-49(2)43-29-23-39(24-30-43)21-27-41-33-37-51(47-19-13-11-17-45(41)47)35-15-9-7-5-6-8-10-16-36-52-38-34-42(46-18-12-14-20-48(46)52)28-22-40-25-31-44(32-26-40)50(3)4;;/h11-14,17-34,37-38H,5-10,15-16,35-36H2,1-4H3;2*1H3/q+2;2*-1. The molecule has 282 valence electrons. The Morgan fingerprint density at radius 3 is 1.13 bits per heavy atom. The lowest BCUT2D eigenvalue weighted by Crippen LogP contribution is -2.34. The van der Waals surface area contributed by atoms with Crippen molar-refractivity contribution in [3.8, 4) is 0 Å². The molecule has 54 heavy (non-hydrogen) atoms. The molecule has 6 rings (SSSR count). The average molecular weight is 719 g/mol. The van der Waals surface area contributed by atoms with Gasteiger partial charge in [0.2, 0.25) is 11.0 Å². The van der Waals surface area contributed by atoms with Crippen LogP contribution in [0.25, 0.3) is 46.1 Å². The number of fused-ring (bicyclic) bond motifs is 2. The van der Waals surface area contributed by atoms with E-state index in [4.69, 9.17) is 0 Å². The van der Waals surface area contributed by atoms with Gasteiger partial charge in [0.05, 0.1) is 10.8 Å². The van der Waals surface area contributed by atoms with Crippen molar-refractivity contribution in [1.82, 2.24) is 0 Å². The summed E-state index contributed by atoms with van der Waals surface area (Å²) in [5.74, 6) is 0. The molecule has 0 radical (unpaired) electrons. The summed E-state index contributed by atoms with van der Waals surface area (Å²) >= 11 is 0. The van der Waals surface area contributed by atoms with Gasteiger partial charge in [0.1, 0.15) is 13.1 Å². The van der Waals surface area contributed by atoms with Gasteiger partial charge in [-0.1, -0.05) is 98.5 Å². The lowest BCUT2D eigenvalue weighted by Gasteiger charge is -2.11. The molecule has 0 atom stereocenters. The molecule has 4 heteroatoms. The molecule has 0 spiro atoms. The van der Waals surface area contributed by atoms with Gasteiger partial charge in [-0.25, -0.2) is 0 Å². The molecule has 4 nitrogen and oxygen atoms in total. The summed E-state index contributed by atoms with van der Waals surface area (Å²) in [5, 5.41) is 2.62. The molecule has 0 bridgehead atoms. The lowest BCUT2D eigenvalue weighted by molar-refractivity contribution is -0.672. The van der Waals surface area contributed by atoms with Crippen LogP contribution in [0, 0.1) is 14.9 Å². The number of unbranched alkanes of at least 4 members (excludes halogenated alkanes) is 7. The maximum Gasteiger partial charge on any atom is 0.213 e. The molecule has 0 fully saturated rings. The smallest absolute Gasteiger partial charge is 0.213 e. The van der Waals surface area contributed by atoms with E-state index in [-0.39, 0.29) is 14.9 Å². The van der Waals surface area contributed by atoms with Crippen LogP contribution in [0.5, 0.6) is 0 Å². The van der Waals surface area contributed by atoms with Gasteiger partial charge in [0.15, 0.2) is 12.4 Å². The van der Waals surface area contributed by atoms with Crippen molar-refractivity contribution in [1.29, 1.82) is 0 Å². The molecule has 2 aromatic heterocycles. The van der Waals surface area contributed by atoms with Gasteiger partial charge in [-0.05, 0) is 71.5 Å². The number of aryl methyl sites for hydroxylation is 2. The number of rotatable bonds is 17. The molecule has 2 heterocycles. The minimum absolute atomic E-state index is 0. The summed E-state index contributed by atoms with van der Waals surface area (Å²) in [5.41, 5.74) is 10.0. The Labute approximate surface area is 326 Å². The highest BCUT2D eigenvalue weighted by molar-refractivity contribution is 5.89. The van der Waals surface area contributed by atoms with E-state index in [1.807, 2.05) is 0 Å². The topological polar surface area (TPSA) is 14.2 Å². The quantitative estimate of drug-likeness (QED) is 0.0529. The van der Waals surface area contributed by atoms with Crippen molar-refractivity contribution in [3.05, 3.63) is 159 Å². The van der Waals surface area contributed by atoms with Gasteiger partial charge >= 0.3 is 0 Å². The van der Waals surface area contributed by atoms with Crippen LogP contribution < -0.4 is 18.9 Å². The Hall–Kier alpha value is -5.22. The summed E-state index contributed by atoms with van der Waals surface area (Å²) in [6.45, 7) is 2.14. The highest BCUT2D eigenvalue weighted by Gasteiger charge is 2.12. The largest absolute Gasteiger partial charge is 0.378 e. The molecule has 6 aromatic rings. The first-order chi connectivity index (χ1) is 25.5. The molecule has 0 amide bonds. The summed E-state index contributed by atoms with van der Waals surface area (Å²) in [6, 6.07) is 39.6. The Kier molecular flexibility index (Phi) is 16.1. The van der Waals surface area contributed by atoms with Gasteiger partial charge in [-0.3, -0.25) is 0 Å². The monoisotopic (exact) mass is 718 g/mol. The van der Waals surface area contributed by atoms with Crippen LogP contribution in [-0.2, 0) is 13.1 Å². The second kappa shape index (κ2) is 20.9. The van der Waals surface area contributed by atoms with E-state index in [2.05, 4.69) is 193 Å². The zero-order valence-corrected chi connectivity index (χ0v) is 33.7. The number of pyridine rings is 2. The summed E-state index contributed by atoms with van der Waals surface area (Å²) < 4.78 is 4.87. The molecule has 0 saturated heterocycles. The Bertz CT molecular complexity index is 1940. The molecule has 0 aliphatic rings. The fourth-order valence-corrected chi connectivity index (χ4v) is 7.06. The molecule has 0 aliphatic heterocycles. The number of hydrogen-bond acceptors (Lipinski definition) is 2. The third-order valence-corrected chi connectivity index (χ3v) is 10.2. The van der Waals surface area contributed by atoms with Crippen molar-refractivity contribution in [2.75, 3.05) is 38.0 Å². The number of para-hydroxylation sites is 2. The first kappa shape index (κ1) is 41.5. The Morgan fingerprint density at radius 1 is 0.407 bits per heavy atom. The van der Waals surface area contributed by atoms with Crippen LogP contribution >= 0.6 is 0 Å². The van der Waals surface area contributed by atoms with E-state index in [0.29, 0.717) is 0 Å². The fraction of sp³-hybridized carbons (Fsp3) is 0.280. The van der Waals surface area contributed by atoms with E-state index < -0.39 is 0 Å². The lowest BCUT2D eigenvalue weighted by atomic mass is 10.1. The SMILES string of the molecule is CN(C)c1ccc(/C=C/c2cc[n+](CCCCCCCCCC[n+]3ccc(/C=C/c4ccc(N(C)C)cc4)c4ccccc43)c3ccccc23)cc1.[CH3-].[CH3-]. The van der Waals surface area contributed by atoms with E-state index >= 15 is 0 Å². The number of hydrogen-bond donors (Lipinski definition) is 0. The van der Waals surface area contributed by atoms with Gasteiger partial charge in [0.25, 0.3) is 0 Å². The van der Waals surface area contributed by atoms with Crippen molar-refractivity contribution >= 4 is 57.5 Å². The molecule has 0 aliphatic carbocycles. The third kappa shape index (κ3) is 11.1. The maximum atomic E-state index is 2.44. The van der Waals surface area contributed by atoms with Gasteiger partial charge in [-0.2, -0.15) is 9.13 Å². The molecule has 4 aromatic carbocycles. The number of aromatic nitrogens is 2. The minimum Gasteiger partial charge on any atom is -0.378 e.